The van der Waals surface area contributed by atoms with E-state index < -0.39 is 5.25 Å². The average Bonchev–Trinajstić information content (AvgIpc) is 3.45. The normalized spacial score (nSPS) is 11.4. The highest BCUT2D eigenvalue weighted by Crippen LogP contribution is 2.38. The number of thioether (sulfide) groups is 1. The Bertz CT molecular complexity index is 1640. The molecule has 0 saturated heterocycles. The van der Waals surface area contributed by atoms with Crippen LogP contribution in [0.1, 0.15) is 21.2 Å². The van der Waals surface area contributed by atoms with Gasteiger partial charge in [-0.25, -0.2) is 4.98 Å². The van der Waals surface area contributed by atoms with Crippen molar-refractivity contribution in [2.75, 3.05) is 17.7 Å². The van der Waals surface area contributed by atoms with Crippen LogP contribution >= 0.6 is 34.7 Å². The third-order valence-electron chi connectivity index (χ3n) is 5.87. The van der Waals surface area contributed by atoms with Crippen LogP contribution < -0.4 is 15.4 Å². The Morgan fingerprint density at radius 1 is 0.900 bits per heavy atom. The van der Waals surface area contributed by atoms with Gasteiger partial charge < -0.3 is 15.4 Å². The molecule has 200 valence electrons. The summed E-state index contributed by atoms with van der Waals surface area (Å²) in [5, 5.41) is 8.24. The van der Waals surface area contributed by atoms with Crippen LogP contribution in [0.25, 0.3) is 11.3 Å². The third-order valence-corrected chi connectivity index (χ3v) is 8.11. The molecule has 1 aromatic heterocycles. The Kier molecular flexibility index (Phi) is 8.81. The molecule has 0 fully saturated rings. The van der Waals surface area contributed by atoms with Crippen LogP contribution in [0.4, 0.5) is 10.8 Å². The standard InChI is InChI=1S/C31H24ClN3O3S2/c1-38-25-14-6-10-21(17-25)27-19-39-31(34-27)35-30(37)28(20-8-3-2-4-9-20)40-26-15-7-13-24(18-26)33-29(36)22-11-5-12-23(32)16-22/h2-19,28H,1H3,(H,33,36)(H,34,35,37). The number of carbonyl (C=O) groups excluding carboxylic acids is 2. The summed E-state index contributed by atoms with van der Waals surface area (Å²) in [5.41, 5.74) is 3.59. The second-order valence-corrected chi connectivity index (χ2v) is 11.1. The van der Waals surface area contributed by atoms with E-state index in [1.165, 1.54) is 23.1 Å². The van der Waals surface area contributed by atoms with Crippen LogP contribution in [0.3, 0.4) is 0 Å². The van der Waals surface area contributed by atoms with Crippen molar-refractivity contribution in [2.24, 2.45) is 0 Å². The molecule has 9 heteroatoms. The number of anilines is 2. The van der Waals surface area contributed by atoms with Crippen LogP contribution in [0.15, 0.2) is 113 Å². The molecule has 1 unspecified atom stereocenters. The summed E-state index contributed by atoms with van der Waals surface area (Å²) < 4.78 is 5.32. The maximum atomic E-state index is 13.6. The van der Waals surface area contributed by atoms with Gasteiger partial charge in [-0.1, -0.05) is 66.2 Å². The second-order valence-electron chi connectivity index (χ2n) is 8.66. The minimum absolute atomic E-state index is 0.198. The summed E-state index contributed by atoms with van der Waals surface area (Å²) in [6.07, 6.45) is 0. The lowest BCUT2D eigenvalue weighted by molar-refractivity contribution is -0.115. The van der Waals surface area contributed by atoms with Gasteiger partial charge >= 0.3 is 0 Å². The molecule has 40 heavy (non-hydrogen) atoms. The monoisotopic (exact) mass is 585 g/mol. The predicted molar refractivity (Wildman–Crippen MR) is 164 cm³/mol. The van der Waals surface area contributed by atoms with Crippen LogP contribution in [0.5, 0.6) is 5.75 Å². The fourth-order valence-corrected chi connectivity index (χ4v) is 5.93. The highest BCUT2D eigenvalue weighted by molar-refractivity contribution is 8.00. The topological polar surface area (TPSA) is 80.3 Å². The number of ether oxygens (including phenoxy) is 1. The zero-order chi connectivity index (χ0) is 27.9. The number of benzene rings is 4. The van der Waals surface area contributed by atoms with Crippen LogP contribution in [-0.4, -0.2) is 23.9 Å². The number of nitrogens with zero attached hydrogens (tertiary/aromatic N) is 1. The summed E-state index contributed by atoms with van der Waals surface area (Å²) in [5.74, 6) is 0.274. The molecule has 5 rings (SSSR count). The molecular formula is C31H24ClN3O3S2. The SMILES string of the molecule is COc1cccc(-c2csc(NC(=O)C(Sc3cccc(NC(=O)c4cccc(Cl)c4)c3)c3ccccc3)n2)c1. The molecule has 4 aromatic carbocycles. The number of methoxy groups -OCH3 is 1. The number of aromatic nitrogens is 1. The van der Waals surface area contributed by atoms with E-state index in [2.05, 4.69) is 15.6 Å². The van der Waals surface area contributed by atoms with Gasteiger partial charge in [-0.2, -0.15) is 0 Å². The third kappa shape index (κ3) is 6.90. The smallest absolute Gasteiger partial charge is 0.255 e. The molecule has 5 aromatic rings. The molecule has 0 aliphatic heterocycles. The van der Waals surface area contributed by atoms with Crippen molar-refractivity contribution in [1.82, 2.24) is 4.98 Å². The maximum absolute atomic E-state index is 13.6. The molecule has 0 spiro atoms. The van der Waals surface area contributed by atoms with Gasteiger partial charge in [0.25, 0.3) is 5.91 Å². The Hall–Kier alpha value is -4.11. The van der Waals surface area contributed by atoms with E-state index in [1.807, 2.05) is 78.2 Å². The molecule has 0 radical (unpaired) electrons. The van der Waals surface area contributed by atoms with E-state index in [-0.39, 0.29) is 11.8 Å². The molecule has 2 amide bonds. The highest BCUT2D eigenvalue weighted by atomic mass is 35.5. The zero-order valence-electron chi connectivity index (χ0n) is 21.3. The maximum Gasteiger partial charge on any atom is 0.255 e. The van der Waals surface area contributed by atoms with Gasteiger partial charge in [0.2, 0.25) is 5.91 Å². The summed E-state index contributed by atoms with van der Waals surface area (Å²) in [4.78, 5) is 31.7. The van der Waals surface area contributed by atoms with Crippen molar-refractivity contribution in [2.45, 2.75) is 10.1 Å². The van der Waals surface area contributed by atoms with Crippen molar-refractivity contribution in [1.29, 1.82) is 0 Å². The number of rotatable bonds is 9. The minimum atomic E-state index is -0.552. The number of amides is 2. The van der Waals surface area contributed by atoms with Gasteiger partial charge in [0.15, 0.2) is 5.13 Å². The van der Waals surface area contributed by atoms with E-state index in [0.29, 0.717) is 21.4 Å². The van der Waals surface area contributed by atoms with Gasteiger partial charge in [-0.05, 0) is 54.1 Å². The fraction of sp³-hybridized carbons (Fsp3) is 0.0645. The van der Waals surface area contributed by atoms with Gasteiger partial charge in [-0.3, -0.25) is 9.59 Å². The molecule has 0 saturated carbocycles. The first-order valence-corrected chi connectivity index (χ1v) is 14.4. The van der Waals surface area contributed by atoms with E-state index in [0.717, 1.165) is 27.5 Å². The van der Waals surface area contributed by atoms with Crippen LogP contribution in [0, 0.1) is 0 Å². The molecule has 0 aliphatic rings. The first-order chi connectivity index (χ1) is 19.5. The molecule has 0 bridgehead atoms. The number of halogens is 1. The zero-order valence-corrected chi connectivity index (χ0v) is 23.7. The fourth-order valence-electron chi connectivity index (χ4n) is 3.93. The van der Waals surface area contributed by atoms with Crippen molar-refractivity contribution < 1.29 is 14.3 Å². The Morgan fingerprint density at radius 2 is 1.70 bits per heavy atom. The number of hydrogen-bond acceptors (Lipinski definition) is 6. The lowest BCUT2D eigenvalue weighted by atomic mass is 10.1. The van der Waals surface area contributed by atoms with Crippen molar-refractivity contribution >= 4 is 57.3 Å². The van der Waals surface area contributed by atoms with E-state index in [4.69, 9.17) is 16.3 Å². The first-order valence-electron chi connectivity index (χ1n) is 12.3. The van der Waals surface area contributed by atoms with Crippen molar-refractivity contribution in [3.8, 4) is 17.0 Å². The first kappa shape index (κ1) is 27.5. The lowest BCUT2D eigenvalue weighted by Crippen LogP contribution is -2.19. The molecule has 0 aliphatic carbocycles. The Morgan fingerprint density at radius 3 is 2.50 bits per heavy atom. The van der Waals surface area contributed by atoms with E-state index in [1.54, 1.807) is 37.4 Å². The van der Waals surface area contributed by atoms with Gasteiger partial charge in [-0.15, -0.1) is 23.1 Å². The van der Waals surface area contributed by atoms with Crippen LogP contribution in [-0.2, 0) is 4.79 Å². The van der Waals surface area contributed by atoms with E-state index in [9.17, 15) is 9.59 Å². The minimum Gasteiger partial charge on any atom is -0.497 e. The molecular weight excluding hydrogens is 562 g/mol. The summed E-state index contributed by atoms with van der Waals surface area (Å²) in [6, 6.07) is 31.4. The van der Waals surface area contributed by atoms with Crippen molar-refractivity contribution in [3.63, 3.8) is 0 Å². The lowest BCUT2D eigenvalue weighted by Gasteiger charge is -2.17. The molecule has 1 atom stereocenters. The van der Waals surface area contributed by atoms with E-state index >= 15 is 0 Å². The number of hydrogen-bond donors (Lipinski definition) is 2. The summed E-state index contributed by atoms with van der Waals surface area (Å²) in [6.45, 7) is 0. The van der Waals surface area contributed by atoms with Crippen molar-refractivity contribution in [3.05, 3.63) is 125 Å². The summed E-state index contributed by atoms with van der Waals surface area (Å²) in [7, 11) is 1.62. The van der Waals surface area contributed by atoms with Gasteiger partial charge in [0.1, 0.15) is 11.0 Å². The number of nitrogens with one attached hydrogen (secondary N) is 2. The van der Waals surface area contributed by atoms with Gasteiger partial charge in [0, 0.05) is 32.1 Å². The van der Waals surface area contributed by atoms with Crippen LogP contribution in [0.2, 0.25) is 5.02 Å². The highest BCUT2D eigenvalue weighted by Gasteiger charge is 2.23. The number of carbonyl (C=O) groups is 2. The summed E-state index contributed by atoms with van der Waals surface area (Å²) >= 11 is 8.79. The number of thiazole rings is 1. The largest absolute Gasteiger partial charge is 0.497 e. The van der Waals surface area contributed by atoms with Gasteiger partial charge in [0.05, 0.1) is 12.8 Å². The second kappa shape index (κ2) is 12.8. The molecule has 1 heterocycles. The average molecular weight is 586 g/mol. The quantitative estimate of drug-likeness (QED) is 0.170. The Labute approximate surface area is 245 Å². The Balaban J connectivity index is 1.33. The molecule has 6 nitrogen and oxygen atoms in total. The molecule has 2 N–H and O–H groups in total. The predicted octanol–water partition coefficient (Wildman–Crippen LogP) is 8.20.